The second kappa shape index (κ2) is 10.0. The van der Waals surface area contributed by atoms with E-state index in [1.54, 1.807) is 0 Å². The Balaban J connectivity index is 0. The predicted molar refractivity (Wildman–Crippen MR) is 93.2 cm³/mol. The number of halogens is 2. The van der Waals surface area contributed by atoms with Crippen molar-refractivity contribution >= 4 is 30.7 Å². The summed E-state index contributed by atoms with van der Waals surface area (Å²) in [6.07, 6.45) is 0. The Bertz CT molecular complexity index is 411. The van der Waals surface area contributed by atoms with E-state index in [2.05, 4.69) is 22.3 Å². The van der Waals surface area contributed by atoms with Gasteiger partial charge in [0, 0.05) is 13.1 Å². The van der Waals surface area contributed by atoms with E-state index in [-0.39, 0.29) is 36.8 Å². The SMILES string of the molecule is CN(C)C(CNC(=O)C(C)(C)CN)c1ccccc1.Cl.Cl. The Morgan fingerprint density at radius 1 is 1.24 bits per heavy atom. The molecule has 0 aliphatic heterocycles. The number of nitrogens with two attached hydrogens (primary N) is 1. The number of nitrogens with zero attached hydrogens (tertiary/aromatic N) is 1. The van der Waals surface area contributed by atoms with Crippen LogP contribution in [-0.4, -0.2) is 38.0 Å². The van der Waals surface area contributed by atoms with Crippen molar-refractivity contribution in [1.82, 2.24) is 10.2 Å². The van der Waals surface area contributed by atoms with E-state index in [9.17, 15) is 4.79 Å². The number of likely N-dealkylation sites (N-methyl/N-ethyl adjacent to an activating group) is 1. The molecule has 0 radical (unpaired) electrons. The maximum Gasteiger partial charge on any atom is 0.227 e. The fraction of sp³-hybridized carbons (Fsp3) is 0.533. The summed E-state index contributed by atoms with van der Waals surface area (Å²) in [5.41, 5.74) is 6.29. The maximum atomic E-state index is 12.0. The molecule has 1 atom stereocenters. The third-order valence-electron chi connectivity index (χ3n) is 3.39. The third kappa shape index (κ3) is 6.66. The summed E-state index contributed by atoms with van der Waals surface area (Å²) in [6, 6.07) is 10.3. The Labute approximate surface area is 140 Å². The van der Waals surface area contributed by atoms with Gasteiger partial charge in [0.15, 0.2) is 0 Å². The van der Waals surface area contributed by atoms with Gasteiger partial charge in [-0.25, -0.2) is 0 Å². The summed E-state index contributed by atoms with van der Waals surface area (Å²) in [6.45, 7) is 4.64. The average Bonchev–Trinajstić information content (AvgIpc) is 2.39. The molecule has 1 unspecified atom stereocenters. The van der Waals surface area contributed by atoms with Crippen LogP contribution in [-0.2, 0) is 4.79 Å². The van der Waals surface area contributed by atoms with E-state index in [4.69, 9.17) is 5.73 Å². The number of benzene rings is 1. The minimum absolute atomic E-state index is 0. The van der Waals surface area contributed by atoms with Crippen molar-refractivity contribution in [3.05, 3.63) is 35.9 Å². The second-order valence-corrected chi connectivity index (χ2v) is 5.69. The standard InChI is InChI=1S/C15H25N3O.2ClH/c1-15(2,11-16)14(19)17-10-13(18(3)4)12-8-6-5-7-9-12;;/h5-9,13H,10-11,16H2,1-4H3,(H,17,19);2*1H. The first-order valence-electron chi connectivity index (χ1n) is 6.58. The fourth-order valence-corrected chi connectivity index (χ4v) is 1.80. The molecule has 0 saturated carbocycles. The number of rotatable bonds is 6. The molecule has 0 aliphatic carbocycles. The summed E-state index contributed by atoms with van der Waals surface area (Å²) < 4.78 is 0. The number of hydrogen-bond acceptors (Lipinski definition) is 3. The summed E-state index contributed by atoms with van der Waals surface area (Å²) in [7, 11) is 4.02. The number of nitrogens with one attached hydrogen (secondary N) is 1. The molecular formula is C15H27Cl2N3O. The summed E-state index contributed by atoms with van der Waals surface area (Å²) in [5, 5.41) is 2.99. The second-order valence-electron chi connectivity index (χ2n) is 5.69. The molecule has 0 bridgehead atoms. The van der Waals surface area contributed by atoms with E-state index < -0.39 is 5.41 Å². The van der Waals surface area contributed by atoms with Gasteiger partial charge in [-0.1, -0.05) is 30.3 Å². The van der Waals surface area contributed by atoms with Crippen LogP contribution in [0.15, 0.2) is 30.3 Å². The van der Waals surface area contributed by atoms with E-state index in [0.717, 1.165) is 0 Å². The van der Waals surface area contributed by atoms with Crippen molar-refractivity contribution in [1.29, 1.82) is 0 Å². The molecule has 0 fully saturated rings. The third-order valence-corrected chi connectivity index (χ3v) is 3.39. The number of amides is 1. The highest BCUT2D eigenvalue weighted by Gasteiger charge is 2.26. The van der Waals surface area contributed by atoms with Crippen LogP contribution in [0.4, 0.5) is 0 Å². The van der Waals surface area contributed by atoms with Crippen LogP contribution in [0.2, 0.25) is 0 Å². The summed E-state index contributed by atoms with van der Waals surface area (Å²) >= 11 is 0. The van der Waals surface area contributed by atoms with Crippen LogP contribution >= 0.6 is 24.8 Å². The van der Waals surface area contributed by atoms with Crippen molar-refractivity contribution in [3.8, 4) is 0 Å². The zero-order valence-electron chi connectivity index (χ0n) is 13.1. The van der Waals surface area contributed by atoms with Gasteiger partial charge in [0.05, 0.1) is 11.5 Å². The molecule has 3 N–H and O–H groups in total. The summed E-state index contributed by atoms with van der Waals surface area (Å²) in [4.78, 5) is 14.1. The molecule has 1 aromatic rings. The van der Waals surface area contributed by atoms with Crippen molar-refractivity contribution in [2.45, 2.75) is 19.9 Å². The molecular weight excluding hydrogens is 309 g/mol. The van der Waals surface area contributed by atoms with Gasteiger partial charge in [0.1, 0.15) is 0 Å². The van der Waals surface area contributed by atoms with Crippen LogP contribution in [0.1, 0.15) is 25.5 Å². The molecule has 0 aliphatic rings. The van der Waals surface area contributed by atoms with Crippen molar-refractivity contribution in [2.24, 2.45) is 11.1 Å². The molecule has 122 valence electrons. The van der Waals surface area contributed by atoms with E-state index in [1.165, 1.54) is 5.56 Å². The first-order valence-corrected chi connectivity index (χ1v) is 6.58. The van der Waals surface area contributed by atoms with Crippen LogP contribution in [0.5, 0.6) is 0 Å². The van der Waals surface area contributed by atoms with Crippen LogP contribution in [0.25, 0.3) is 0 Å². The Hall–Kier alpha value is -0.810. The van der Waals surface area contributed by atoms with Crippen LogP contribution in [0, 0.1) is 5.41 Å². The molecule has 0 saturated heterocycles. The molecule has 0 spiro atoms. The van der Waals surface area contributed by atoms with Crippen LogP contribution in [0.3, 0.4) is 0 Å². The first kappa shape index (κ1) is 22.5. The lowest BCUT2D eigenvalue weighted by molar-refractivity contribution is -0.129. The monoisotopic (exact) mass is 335 g/mol. The van der Waals surface area contributed by atoms with Gasteiger partial charge < -0.3 is 16.0 Å². The first-order chi connectivity index (χ1) is 8.88. The molecule has 21 heavy (non-hydrogen) atoms. The highest BCUT2D eigenvalue weighted by molar-refractivity contribution is 5.85. The predicted octanol–water partition coefficient (Wildman–Crippen LogP) is 2.23. The average molecular weight is 336 g/mol. The molecule has 4 nitrogen and oxygen atoms in total. The van der Waals surface area contributed by atoms with E-state index in [0.29, 0.717) is 13.1 Å². The topological polar surface area (TPSA) is 58.4 Å². The zero-order valence-corrected chi connectivity index (χ0v) is 14.8. The smallest absolute Gasteiger partial charge is 0.227 e. The minimum Gasteiger partial charge on any atom is -0.354 e. The molecule has 1 rings (SSSR count). The number of hydrogen-bond donors (Lipinski definition) is 2. The zero-order chi connectivity index (χ0) is 14.5. The van der Waals surface area contributed by atoms with Gasteiger partial charge in [-0.3, -0.25) is 4.79 Å². The van der Waals surface area contributed by atoms with Crippen molar-refractivity contribution in [3.63, 3.8) is 0 Å². The molecule has 1 amide bonds. The fourth-order valence-electron chi connectivity index (χ4n) is 1.80. The van der Waals surface area contributed by atoms with Gasteiger partial charge in [-0.2, -0.15) is 0 Å². The van der Waals surface area contributed by atoms with Crippen molar-refractivity contribution in [2.75, 3.05) is 27.2 Å². The minimum atomic E-state index is -0.520. The van der Waals surface area contributed by atoms with E-state index >= 15 is 0 Å². The lowest BCUT2D eigenvalue weighted by Crippen LogP contribution is -2.44. The van der Waals surface area contributed by atoms with Gasteiger partial charge in [-0.15, -0.1) is 24.8 Å². The normalized spacial score (nSPS) is 12.1. The molecule has 0 heterocycles. The highest BCUT2D eigenvalue weighted by atomic mass is 35.5. The lowest BCUT2D eigenvalue weighted by atomic mass is 9.92. The lowest BCUT2D eigenvalue weighted by Gasteiger charge is -2.28. The molecule has 6 heteroatoms. The van der Waals surface area contributed by atoms with Gasteiger partial charge in [0.2, 0.25) is 5.91 Å². The largest absolute Gasteiger partial charge is 0.354 e. The summed E-state index contributed by atoms with van der Waals surface area (Å²) in [5.74, 6) is -0.00205. The van der Waals surface area contributed by atoms with E-state index in [1.807, 2.05) is 46.1 Å². The van der Waals surface area contributed by atoms with Gasteiger partial charge in [0.25, 0.3) is 0 Å². The molecule has 1 aromatic carbocycles. The quantitative estimate of drug-likeness (QED) is 0.838. The van der Waals surface area contributed by atoms with Crippen molar-refractivity contribution < 1.29 is 4.79 Å². The number of carbonyl (C=O) groups excluding carboxylic acids is 1. The highest BCUT2D eigenvalue weighted by Crippen LogP contribution is 2.18. The maximum absolute atomic E-state index is 12.0. The Morgan fingerprint density at radius 3 is 2.19 bits per heavy atom. The van der Waals surface area contributed by atoms with Crippen LogP contribution < -0.4 is 11.1 Å². The Morgan fingerprint density at radius 2 is 1.76 bits per heavy atom. The molecule has 0 aromatic heterocycles. The Kier molecular flexibility index (Phi) is 10.7. The number of carbonyl (C=O) groups is 1. The van der Waals surface area contributed by atoms with Gasteiger partial charge in [-0.05, 0) is 33.5 Å². The van der Waals surface area contributed by atoms with Gasteiger partial charge >= 0.3 is 0 Å².